The predicted octanol–water partition coefficient (Wildman–Crippen LogP) is 12.7. The summed E-state index contributed by atoms with van der Waals surface area (Å²) in [4.78, 5) is 0. The van der Waals surface area contributed by atoms with Gasteiger partial charge < -0.3 is 4.42 Å². The molecule has 8 aromatic carbocycles. The third-order valence-electron chi connectivity index (χ3n) is 10.5. The van der Waals surface area contributed by atoms with Crippen LogP contribution < -0.4 is 0 Å². The second-order valence-corrected chi connectivity index (χ2v) is 13.2. The highest BCUT2D eigenvalue weighted by atomic mass is 16.3. The molecule has 0 atom stereocenters. The van der Waals surface area contributed by atoms with Gasteiger partial charge in [-0.2, -0.15) is 0 Å². The van der Waals surface area contributed by atoms with Crippen LogP contribution in [0.4, 0.5) is 0 Å². The summed E-state index contributed by atoms with van der Waals surface area (Å²) in [5, 5.41) is 9.88. The fourth-order valence-corrected chi connectivity index (χ4v) is 8.41. The standard InChI is InChI=1S/C45H30O/c1-45(2)37-23-12-21-35(43(37)42-28-14-4-3-13-27(28)25-26-38(42)45)40-30-16-5-7-18-32(30)41(33-19-8-6-17-31(33)40)36-22-11-20-34-29-15-9-10-24-39(29)46-44(34)36/h3-26H,1-2H3. The molecule has 1 heteroatoms. The molecular formula is C45H30O. The van der Waals surface area contributed by atoms with E-state index in [-0.39, 0.29) is 5.41 Å². The highest BCUT2D eigenvalue weighted by molar-refractivity contribution is 6.25. The smallest absolute Gasteiger partial charge is 0.143 e. The van der Waals surface area contributed by atoms with E-state index in [1.54, 1.807) is 0 Å². The maximum atomic E-state index is 6.61. The highest BCUT2D eigenvalue weighted by Gasteiger charge is 2.38. The van der Waals surface area contributed by atoms with Gasteiger partial charge in [0.05, 0.1) is 0 Å². The fourth-order valence-electron chi connectivity index (χ4n) is 8.41. The molecule has 0 amide bonds. The maximum Gasteiger partial charge on any atom is 0.143 e. The average Bonchev–Trinajstić information content (AvgIpc) is 3.60. The molecule has 0 aliphatic heterocycles. The van der Waals surface area contributed by atoms with E-state index in [9.17, 15) is 0 Å². The van der Waals surface area contributed by atoms with Crippen LogP contribution in [0.2, 0.25) is 0 Å². The van der Waals surface area contributed by atoms with Gasteiger partial charge in [0.25, 0.3) is 0 Å². The topological polar surface area (TPSA) is 13.1 Å². The molecule has 0 radical (unpaired) electrons. The number of rotatable bonds is 2. The average molecular weight is 587 g/mol. The Morgan fingerprint density at radius 3 is 1.61 bits per heavy atom. The predicted molar refractivity (Wildman–Crippen MR) is 195 cm³/mol. The zero-order valence-corrected chi connectivity index (χ0v) is 25.8. The van der Waals surface area contributed by atoms with Crippen molar-refractivity contribution in [3.63, 3.8) is 0 Å². The number of hydrogen-bond donors (Lipinski definition) is 0. The van der Waals surface area contributed by atoms with Crippen LogP contribution >= 0.6 is 0 Å². The van der Waals surface area contributed by atoms with E-state index in [2.05, 4.69) is 153 Å². The van der Waals surface area contributed by atoms with E-state index < -0.39 is 0 Å². The molecule has 0 unspecified atom stereocenters. The molecule has 216 valence electrons. The monoisotopic (exact) mass is 586 g/mol. The lowest BCUT2D eigenvalue weighted by atomic mass is 9.80. The largest absolute Gasteiger partial charge is 0.455 e. The van der Waals surface area contributed by atoms with Crippen LogP contribution in [0, 0.1) is 0 Å². The summed E-state index contributed by atoms with van der Waals surface area (Å²) in [5.74, 6) is 0. The number of benzene rings is 8. The van der Waals surface area contributed by atoms with Gasteiger partial charge in [0.1, 0.15) is 11.2 Å². The number of para-hydroxylation sites is 2. The summed E-state index contributed by atoms with van der Waals surface area (Å²) in [5.41, 5.74) is 12.2. The Bertz CT molecular complexity index is 2660. The second kappa shape index (κ2) is 9.19. The van der Waals surface area contributed by atoms with Crippen molar-refractivity contribution >= 4 is 54.3 Å². The molecule has 1 aliphatic rings. The number of furan rings is 1. The molecule has 46 heavy (non-hydrogen) atoms. The Balaban J connectivity index is 1.36. The first-order valence-electron chi connectivity index (χ1n) is 16.1. The Morgan fingerprint density at radius 1 is 0.370 bits per heavy atom. The molecule has 1 aliphatic carbocycles. The summed E-state index contributed by atoms with van der Waals surface area (Å²) in [6.45, 7) is 4.76. The van der Waals surface area contributed by atoms with Gasteiger partial charge in [-0.25, -0.2) is 0 Å². The van der Waals surface area contributed by atoms with Crippen molar-refractivity contribution < 1.29 is 4.42 Å². The lowest BCUT2D eigenvalue weighted by molar-refractivity contribution is 0.661. The van der Waals surface area contributed by atoms with Gasteiger partial charge in [-0.05, 0) is 71.8 Å². The van der Waals surface area contributed by atoms with E-state index >= 15 is 0 Å². The Morgan fingerprint density at radius 2 is 0.891 bits per heavy atom. The number of fused-ring (bicyclic) bond motifs is 10. The molecule has 0 fully saturated rings. The van der Waals surface area contributed by atoms with Gasteiger partial charge >= 0.3 is 0 Å². The normalized spacial score (nSPS) is 13.6. The molecular weight excluding hydrogens is 556 g/mol. The van der Waals surface area contributed by atoms with E-state index in [0.717, 1.165) is 27.5 Å². The highest BCUT2D eigenvalue weighted by Crippen LogP contribution is 2.56. The maximum absolute atomic E-state index is 6.61. The van der Waals surface area contributed by atoms with Crippen molar-refractivity contribution in [1.82, 2.24) is 0 Å². The Hall–Kier alpha value is -5.66. The molecule has 1 aromatic heterocycles. The minimum Gasteiger partial charge on any atom is -0.455 e. The first-order valence-corrected chi connectivity index (χ1v) is 16.1. The molecule has 1 nitrogen and oxygen atoms in total. The van der Waals surface area contributed by atoms with Gasteiger partial charge in [0, 0.05) is 27.3 Å². The van der Waals surface area contributed by atoms with Crippen LogP contribution in [0.3, 0.4) is 0 Å². The zero-order chi connectivity index (χ0) is 30.6. The number of hydrogen-bond acceptors (Lipinski definition) is 1. The molecule has 9 aromatic rings. The van der Waals surface area contributed by atoms with Crippen LogP contribution in [0.25, 0.3) is 87.6 Å². The van der Waals surface area contributed by atoms with Gasteiger partial charge in [0.15, 0.2) is 0 Å². The van der Waals surface area contributed by atoms with Crippen LogP contribution in [-0.4, -0.2) is 0 Å². The van der Waals surface area contributed by atoms with Crippen molar-refractivity contribution in [2.24, 2.45) is 0 Å². The molecule has 0 spiro atoms. The third kappa shape index (κ3) is 3.30. The second-order valence-electron chi connectivity index (χ2n) is 13.2. The summed E-state index contributed by atoms with van der Waals surface area (Å²) in [7, 11) is 0. The molecule has 0 saturated carbocycles. The van der Waals surface area contributed by atoms with Crippen LogP contribution in [0.1, 0.15) is 25.0 Å². The molecule has 0 N–H and O–H groups in total. The summed E-state index contributed by atoms with van der Waals surface area (Å²) >= 11 is 0. The Kier molecular flexibility index (Phi) is 5.12. The first kappa shape index (κ1) is 25.6. The molecule has 10 rings (SSSR count). The van der Waals surface area contributed by atoms with Crippen molar-refractivity contribution in [3.8, 4) is 33.4 Å². The van der Waals surface area contributed by atoms with Crippen molar-refractivity contribution in [2.45, 2.75) is 19.3 Å². The van der Waals surface area contributed by atoms with Gasteiger partial charge in [-0.3, -0.25) is 0 Å². The van der Waals surface area contributed by atoms with Crippen molar-refractivity contribution in [1.29, 1.82) is 0 Å². The lowest BCUT2D eigenvalue weighted by Crippen LogP contribution is -2.14. The Labute approximate surface area is 267 Å². The molecule has 1 heterocycles. The summed E-state index contributed by atoms with van der Waals surface area (Å²) < 4.78 is 6.61. The minimum atomic E-state index is -0.104. The molecule has 0 saturated heterocycles. The SMILES string of the molecule is CC1(C)c2cccc(-c3c4ccccc4c(-c4cccc5c4oc4ccccc45)c4ccccc34)c2-c2c1ccc1ccccc21. The van der Waals surface area contributed by atoms with E-state index in [4.69, 9.17) is 4.42 Å². The summed E-state index contributed by atoms with van der Waals surface area (Å²) in [6.07, 6.45) is 0. The summed E-state index contributed by atoms with van der Waals surface area (Å²) in [6, 6.07) is 53.3. The zero-order valence-electron chi connectivity index (χ0n) is 25.8. The fraction of sp³-hybridized carbons (Fsp3) is 0.0667. The van der Waals surface area contributed by atoms with Gasteiger partial charge in [0.2, 0.25) is 0 Å². The van der Waals surface area contributed by atoms with Crippen LogP contribution in [0.15, 0.2) is 150 Å². The van der Waals surface area contributed by atoms with Crippen molar-refractivity contribution in [2.75, 3.05) is 0 Å². The van der Waals surface area contributed by atoms with Crippen LogP contribution in [-0.2, 0) is 5.41 Å². The first-order chi connectivity index (χ1) is 22.6. The minimum absolute atomic E-state index is 0.104. The van der Waals surface area contributed by atoms with Crippen molar-refractivity contribution in [3.05, 3.63) is 157 Å². The lowest BCUT2D eigenvalue weighted by Gasteiger charge is -2.22. The van der Waals surface area contributed by atoms with E-state index in [1.807, 2.05) is 6.07 Å². The van der Waals surface area contributed by atoms with Gasteiger partial charge in [-0.15, -0.1) is 0 Å². The third-order valence-corrected chi connectivity index (χ3v) is 10.5. The van der Waals surface area contributed by atoms with Crippen LogP contribution in [0.5, 0.6) is 0 Å². The van der Waals surface area contributed by atoms with E-state index in [1.165, 1.54) is 71.3 Å². The van der Waals surface area contributed by atoms with Gasteiger partial charge in [-0.1, -0.05) is 153 Å². The van der Waals surface area contributed by atoms with E-state index in [0.29, 0.717) is 0 Å². The quantitative estimate of drug-likeness (QED) is 0.184. The molecule has 0 bridgehead atoms.